The van der Waals surface area contributed by atoms with Gasteiger partial charge in [0.25, 0.3) is 0 Å². The molecule has 9 heteroatoms. The van der Waals surface area contributed by atoms with E-state index in [0.29, 0.717) is 28.1 Å². The number of hydrogen-bond acceptors (Lipinski definition) is 7. The standard InChI is InChI=1S/C26H24N4O3S2/c1-4-14-30-23(19-12-10-17(2)11-13-19)28-29-26(30)35-16-21(31)27-24-22(25(32)33-3)20(15-34-24)18-8-6-5-7-9-18/h4-13,15H,1,14,16H2,2-3H3,(H,27,31). The zero-order chi connectivity index (χ0) is 24.8. The molecule has 0 unspecified atom stereocenters. The molecule has 0 spiro atoms. The Morgan fingerprint density at radius 3 is 2.54 bits per heavy atom. The van der Waals surface area contributed by atoms with Crippen LogP contribution in [0.25, 0.3) is 22.5 Å². The number of allylic oxidation sites excluding steroid dienone is 1. The van der Waals surface area contributed by atoms with Gasteiger partial charge in [-0.25, -0.2) is 4.79 Å². The molecule has 4 rings (SSSR count). The molecule has 0 saturated heterocycles. The van der Waals surface area contributed by atoms with Gasteiger partial charge in [-0.3, -0.25) is 9.36 Å². The summed E-state index contributed by atoms with van der Waals surface area (Å²) >= 11 is 2.56. The van der Waals surface area contributed by atoms with Crippen LogP contribution in [0.2, 0.25) is 0 Å². The van der Waals surface area contributed by atoms with E-state index in [0.717, 1.165) is 22.3 Å². The lowest BCUT2D eigenvalue weighted by Gasteiger charge is -2.09. The molecule has 0 fully saturated rings. The number of carbonyl (C=O) groups excluding carboxylic acids is 2. The third kappa shape index (κ3) is 5.52. The minimum absolute atomic E-state index is 0.0996. The number of thiophene rings is 1. The minimum atomic E-state index is -0.499. The van der Waals surface area contributed by atoms with Crippen molar-refractivity contribution >= 4 is 40.0 Å². The fourth-order valence-corrected chi connectivity index (χ4v) is 5.20. The predicted molar refractivity (Wildman–Crippen MR) is 141 cm³/mol. The highest BCUT2D eigenvalue weighted by Gasteiger charge is 2.23. The van der Waals surface area contributed by atoms with Crippen LogP contribution in [0, 0.1) is 6.92 Å². The Kier molecular flexibility index (Phi) is 7.79. The van der Waals surface area contributed by atoms with E-state index in [9.17, 15) is 9.59 Å². The molecule has 2 aromatic carbocycles. The SMILES string of the molecule is C=CCn1c(SCC(=O)Nc2scc(-c3ccccc3)c2C(=O)OC)nnc1-c1ccc(C)cc1. The van der Waals surface area contributed by atoms with Crippen LogP contribution >= 0.6 is 23.1 Å². The van der Waals surface area contributed by atoms with Crippen molar-refractivity contribution in [3.8, 4) is 22.5 Å². The summed E-state index contributed by atoms with van der Waals surface area (Å²) in [5.41, 5.74) is 4.04. The molecule has 0 radical (unpaired) electrons. The van der Waals surface area contributed by atoms with Crippen LogP contribution in [0.15, 0.2) is 77.8 Å². The molecule has 0 atom stereocenters. The lowest BCUT2D eigenvalue weighted by molar-refractivity contribution is -0.113. The highest BCUT2D eigenvalue weighted by atomic mass is 32.2. The first-order valence-electron chi connectivity index (χ1n) is 10.8. The van der Waals surface area contributed by atoms with Gasteiger partial charge in [0.2, 0.25) is 5.91 Å². The Balaban J connectivity index is 1.51. The summed E-state index contributed by atoms with van der Waals surface area (Å²) in [6, 6.07) is 17.6. The molecule has 2 heterocycles. The second-order valence-electron chi connectivity index (χ2n) is 7.62. The smallest absolute Gasteiger partial charge is 0.341 e. The van der Waals surface area contributed by atoms with Gasteiger partial charge in [-0.2, -0.15) is 0 Å². The van der Waals surface area contributed by atoms with Gasteiger partial charge in [-0.1, -0.05) is 78.0 Å². The molecule has 35 heavy (non-hydrogen) atoms. The van der Waals surface area contributed by atoms with Gasteiger partial charge < -0.3 is 10.1 Å². The molecule has 1 N–H and O–H groups in total. The number of benzene rings is 2. The zero-order valence-electron chi connectivity index (χ0n) is 19.4. The molecule has 0 bridgehead atoms. The zero-order valence-corrected chi connectivity index (χ0v) is 21.0. The fourth-order valence-electron chi connectivity index (χ4n) is 3.48. The number of carbonyl (C=O) groups is 2. The van der Waals surface area contributed by atoms with Crippen LogP contribution in [0.4, 0.5) is 5.00 Å². The summed E-state index contributed by atoms with van der Waals surface area (Å²) in [5, 5.41) is 14.4. The molecular formula is C26H24N4O3S2. The number of esters is 1. The molecule has 2 aromatic heterocycles. The molecule has 0 aliphatic heterocycles. The highest BCUT2D eigenvalue weighted by molar-refractivity contribution is 7.99. The first-order chi connectivity index (χ1) is 17.0. The van der Waals surface area contributed by atoms with Crippen molar-refractivity contribution < 1.29 is 14.3 Å². The van der Waals surface area contributed by atoms with E-state index in [-0.39, 0.29) is 11.7 Å². The number of hydrogen-bond donors (Lipinski definition) is 1. The fraction of sp³-hybridized carbons (Fsp3) is 0.154. The quantitative estimate of drug-likeness (QED) is 0.179. The van der Waals surface area contributed by atoms with Crippen LogP contribution < -0.4 is 5.32 Å². The first-order valence-corrected chi connectivity index (χ1v) is 12.7. The number of methoxy groups -OCH3 is 1. The molecule has 7 nitrogen and oxygen atoms in total. The largest absolute Gasteiger partial charge is 0.465 e. The number of aryl methyl sites for hydroxylation is 1. The molecule has 0 saturated carbocycles. The van der Waals surface area contributed by atoms with Gasteiger partial charge >= 0.3 is 5.97 Å². The Morgan fingerprint density at radius 1 is 1.11 bits per heavy atom. The van der Waals surface area contributed by atoms with E-state index in [4.69, 9.17) is 4.74 Å². The molecule has 0 aliphatic carbocycles. The van der Waals surface area contributed by atoms with E-state index in [2.05, 4.69) is 22.1 Å². The van der Waals surface area contributed by atoms with Crippen molar-refractivity contribution in [2.75, 3.05) is 18.2 Å². The van der Waals surface area contributed by atoms with Gasteiger partial charge in [0.15, 0.2) is 11.0 Å². The first kappa shape index (κ1) is 24.4. The monoisotopic (exact) mass is 504 g/mol. The number of ether oxygens (including phenoxy) is 1. The second-order valence-corrected chi connectivity index (χ2v) is 9.44. The van der Waals surface area contributed by atoms with Gasteiger partial charge in [-0.05, 0) is 12.5 Å². The van der Waals surface area contributed by atoms with Crippen molar-refractivity contribution in [1.82, 2.24) is 14.8 Å². The third-order valence-electron chi connectivity index (χ3n) is 5.19. The lowest BCUT2D eigenvalue weighted by Crippen LogP contribution is -2.16. The van der Waals surface area contributed by atoms with E-state index in [1.54, 1.807) is 6.08 Å². The molecule has 178 valence electrons. The Labute approximate surface area is 211 Å². The summed E-state index contributed by atoms with van der Waals surface area (Å²) < 4.78 is 6.91. The maximum absolute atomic E-state index is 12.8. The Morgan fingerprint density at radius 2 is 1.86 bits per heavy atom. The summed E-state index contributed by atoms with van der Waals surface area (Å²) in [6.07, 6.45) is 1.77. The maximum atomic E-state index is 12.8. The van der Waals surface area contributed by atoms with Crippen molar-refractivity contribution in [1.29, 1.82) is 0 Å². The second kappa shape index (κ2) is 11.2. The van der Waals surface area contributed by atoms with E-state index in [1.807, 2.05) is 71.5 Å². The maximum Gasteiger partial charge on any atom is 0.341 e. The summed E-state index contributed by atoms with van der Waals surface area (Å²) in [5.74, 6) is 0.0576. The van der Waals surface area contributed by atoms with E-state index in [1.165, 1.54) is 30.2 Å². The van der Waals surface area contributed by atoms with Gasteiger partial charge in [0, 0.05) is 23.1 Å². The number of rotatable bonds is 9. The van der Waals surface area contributed by atoms with Crippen LogP contribution in [-0.2, 0) is 16.1 Å². The summed E-state index contributed by atoms with van der Waals surface area (Å²) in [4.78, 5) is 25.3. The van der Waals surface area contributed by atoms with E-state index < -0.39 is 5.97 Å². The van der Waals surface area contributed by atoms with Crippen molar-refractivity contribution in [2.45, 2.75) is 18.6 Å². The van der Waals surface area contributed by atoms with Gasteiger partial charge in [0.1, 0.15) is 10.6 Å². The van der Waals surface area contributed by atoms with Crippen LogP contribution in [0.5, 0.6) is 0 Å². The number of nitrogens with zero attached hydrogens (tertiary/aromatic N) is 3. The number of thioether (sulfide) groups is 1. The molecule has 4 aromatic rings. The number of amides is 1. The third-order valence-corrected chi connectivity index (χ3v) is 7.05. The summed E-state index contributed by atoms with van der Waals surface area (Å²) in [6.45, 7) is 6.37. The molecule has 1 amide bonds. The van der Waals surface area contributed by atoms with Crippen molar-refractivity contribution in [2.24, 2.45) is 0 Å². The van der Waals surface area contributed by atoms with Crippen molar-refractivity contribution in [3.63, 3.8) is 0 Å². The molecular weight excluding hydrogens is 480 g/mol. The van der Waals surface area contributed by atoms with Crippen molar-refractivity contribution in [3.05, 3.63) is 83.8 Å². The lowest BCUT2D eigenvalue weighted by atomic mass is 10.0. The minimum Gasteiger partial charge on any atom is -0.465 e. The summed E-state index contributed by atoms with van der Waals surface area (Å²) in [7, 11) is 1.33. The van der Waals surface area contributed by atoms with Gasteiger partial charge in [0.05, 0.1) is 12.9 Å². The topological polar surface area (TPSA) is 86.1 Å². The average molecular weight is 505 g/mol. The number of nitrogens with one attached hydrogen (secondary N) is 1. The van der Waals surface area contributed by atoms with Crippen LogP contribution in [-0.4, -0.2) is 39.5 Å². The number of anilines is 1. The van der Waals surface area contributed by atoms with Crippen LogP contribution in [0.1, 0.15) is 15.9 Å². The average Bonchev–Trinajstić information content (AvgIpc) is 3.48. The Hall–Kier alpha value is -3.69. The Bertz CT molecular complexity index is 1340. The normalized spacial score (nSPS) is 10.7. The van der Waals surface area contributed by atoms with Crippen LogP contribution in [0.3, 0.4) is 0 Å². The number of aromatic nitrogens is 3. The van der Waals surface area contributed by atoms with Gasteiger partial charge in [-0.15, -0.1) is 28.1 Å². The predicted octanol–water partition coefficient (Wildman–Crippen LogP) is 5.69. The van der Waals surface area contributed by atoms with E-state index >= 15 is 0 Å². The molecule has 0 aliphatic rings. The highest BCUT2D eigenvalue weighted by Crippen LogP contribution is 2.36.